The van der Waals surface area contributed by atoms with Gasteiger partial charge in [0.2, 0.25) is 0 Å². The summed E-state index contributed by atoms with van der Waals surface area (Å²) in [6, 6.07) is 12.7. The fourth-order valence-electron chi connectivity index (χ4n) is 2.56. The summed E-state index contributed by atoms with van der Waals surface area (Å²) < 4.78 is 25.9. The van der Waals surface area contributed by atoms with Crippen molar-refractivity contribution in [3.8, 4) is 0 Å². The van der Waals surface area contributed by atoms with Crippen molar-refractivity contribution in [1.29, 1.82) is 0 Å². The summed E-state index contributed by atoms with van der Waals surface area (Å²) in [5.41, 5.74) is 1.79. The molecule has 0 spiro atoms. The number of benzene rings is 2. The van der Waals surface area contributed by atoms with Crippen molar-refractivity contribution in [2.75, 3.05) is 36.4 Å². The van der Waals surface area contributed by atoms with Crippen molar-refractivity contribution in [2.24, 2.45) is 0 Å². The summed E-state index contributed by atoms with van der Waals surface area (Å²) in [5.74, 6) is -0.494. The Bertz CT molecular complexity index is 665. The first kappa shape index (κ1) is 15.7. The average Bonchev–Trinajstić information content (AvgIpc) is 2.58. The van der Waals surface area contributed by atoms with E-state index in [0.29, 0.717) is 5.11 Å². The van der Waals surface area contributed by atoms with Gasteiger partial charge in [0.15, 0.2) is 5.11 Å². The number of hydrogen-bond donors (Lipinski definition) is 1. The second kappa shape index (κ2) is 6.91. The fraction of sp³-hybridized carbons (Fsp3) is 0.235. The summed E-state index contributed by atoms with van der Waals surface area (Å²) in [7, 11) is 0. The molecular weight excluding hydrogens is 316 g/mol. The highest BCUT2D eigenvalue weighted by atomic mass is 32.1. The molecule has 1 saturated heterocycles. The van der Waals surface area contributed by atoms with Gasteiger partial charge in [0.1, 0.15) is 11.6 Å². The molecule has 1 heterocycles. The van der Waals surface area contributed by atoms with E-state index < -0.39 is 0 Å². The Kier molecular flexibility index (Phi) is 4.71. The Morgan fingerprint density at radius 1 is 0.826 bits per heavy atom. The summed E-state index contributed by atoms with van der Waals surface area (Å²) in [5, 5.41) is 3.76. The summed E-state index contributed by atoms with van der Waals surface area (Å²) >= 11 is 5.41. The van der Waals surface area contributed by atoms with E-state index in [1.807, 2.05) is 0 Å². The van der Waals surface area contributed by atoms with Crippen LogP contribution in [-0.2, 0) is 0 Å². The Morgan fingerprint density at radius 2 is 1.35 bits per heavy atom. The number of hydrogen-bond acceptors (Lipinski definition) is 2. The van der Waals surface area contributed by atoms with Gasteiger partial charge in [-0.25, -0.2) is 8.78 Å². The third kappa shape index (κ3) is 3.96. The minimum atomic E-state index is -0.269. The molecule has 23 heavy (non-hydrogen) atoms. The van der Waals surface area contributed by atoms with Gasteiger partial charge in [0.25, 0.3) is 0 Å². The smallest absolute Gasteiger partial charge is 0.173 e. The number of anilines is 2. The van der Waals surface area contributed by atoms with Crippen molar-refractivity contribution in [1.82, 2.24) is 4.90 Å². The molecule has 0 amide bonds. The standard InChI is InChI=1S/C17H17F2N3S/c18-13-1-5-15(6-2-13)20-17(23)22-11-9-21(10-12-22)16-7-3-14(19)4-8-16/h1-8H,9-12H2,(H,20,23). The van der Waals surface area contributed by atoms with Crippen LogP contribution in [0.5, 0.6) is 0 Å². The molecule has 3 nitrogen and oxygen atoms in total. The van der Waals surface area contributed by atoms with Crippen LogP contribution in [0.2, 0.25) is 0 Å². The molecule has 0 unspecified atom stereocenters. The van der Waals surface area contributed by atoms with E-state index in [1.165, 1.54) is 24.3 Å². The molecule has 2 aromatic carbocycles. The van der Waals surface area contributed by atoms with Crippen LogP contribution in [-0.4, -0.2) is 36.2 Å². The quantitative estimate of drug-likeness (QED) is 0.848. The third-order valence-corrected chi connectivity index (χ3v) is 4.21. The van der Waals surface area contributed by atoms with Crippen LogP contribution in [0, 0.1) is 11.6 Å². The fourth-order valence-corrected chi connectivity index (χ4v) is 2.86. The van der Waals surface area contributed by atoms with Crippen molar-refractivity contribution in [2.45, 2.75) is 0 Å². The normalized spacial score (nSPS) is 14.7. The predicted octanol–water partition coefficient (Wildman–Crippen LogP) is 3.48. The first-order chi connectivity index (χ1) is 11.1. The first-order valence-corrected chi connectivity index (χ1v) is 7.85. The highest BCUT2D eigenvalue weighted by Crippen LogP contribution is 2.17. The SMILES string of the molecule is Fc1ccc(NC(=S)N2CCN(c3ccc(F)cc3)CC2)cc1. The minimum absolute atomic E-state index is 0.225. The Balaban J connectivity index is 1.54. The van der Waals surface area contributed by atoms with E-state index in [9.17, 15) is 8.78 Å². The molecule has 0 bridgehead atoms. The number of piperazine rings is 1. The van der Waals surface area contributed by atoms with Crippen LogP contribution in [0.15, 0.2) is 48.5 Å². The van der Waals surface area contributed by atoms with E-state index >= 15 is 0 Å². The molecule has 1 aliphatic heterocycles. The maximum atomic E-state index is 13.0. The number of halogens is 2. The van der Waals surface area contributed by atoms with Gasteiger partial charge in [-0.15, -0.1) is 0 Å². The zero-order valence-electron chi connectivity index (χ0n) is 12.5. The van der Waals surface area contributed by atoms with E-state index in [1.54, 1.807) is 24.3 Å². The maximum absolute atomic E-state index is 13.0. The summed E-state index contributed by atoms with van der Waals surface area (Å²) in [6.45, 7) is 3.20. The molecule has 0 aromatic heterocycles. The van der Waals surface area contributed by atoms with Crippen molar-refractivity contribution >= 4 is 28.7 Å². The monoisotopic (exact) mass is 333 g/mol. The molecule has 3 rings (SSSR count). The number of thiocarbonyl (C=S) groups is 1. The number of nitrogens with zero attached hydrogens (tertiary/aromatic N) is 2. The number of rotatable bonds is 2. The molecular formula is C17H17F2N3S. The summed E-state index contributed by atoms with van der Waals surface area (Å²) in [4.78, 5) is 4.29. The van der Waals surface area contributed by atoms with E-state index in [4.69, 9.17) is 12.2 Å². The van der Waals surface area contributed by atoms with Gasteiger partial charge in [0.05, 0.1) is 0 Å². The molecule has 2 aromatic rings. The van der Waals surface area contributed by atoms with E-state index in [-0.39, 0.29) is 11.6 Å². The lowest BCUT2D eigenvalue weighted by atomic mass is 10.2. The second-order valence-corrected chi connectivity index (χ2v) is 5.77. The zero-order chi connectivity index (χ0) is 16.2. The lowest BCUT2D eigenvalue weighted by molar-refractivity contribution is 0.391. The highest BCUT2D eigenvalue weighted by molar-refractivity contribution is 7.80. The van der Waals surface area contributed by atoms with Crippen LogP contribution in [0.25, 0.3) is 0 Å². The van der Waals surface area contributed by atoms with Gasteiger partial charge in [0, 0.05) is 37.6 Å². The third-order valence-electron chi connectivity index (χ3n) is 3.85. The lowest BCUT2D eigenvalue weighted by Gasteiger charge is -2.37. The van der Waals surface area contributed by atoms with Crippen molar-refractivity contribution < 1.29 is 8.78 Å². The Labute approximate surface area is 139 Å². The zero-order valence-corrected chi connectivity index (χ0v) is 13.3. The molecule has 6 heteroatoms. The van der Waals surface area contributed by atoms with E-state index in [0.717, 1.165) is 37.6 Å². The average molecular weight is 333 g/mol. The molecule has 1 aliphatic rings. The molecule has 0 radical (unpaired) electrons. The van der Waals surface area contributed by atoms with Crippen LogP contribution in [0.3, 0.4) is 0 Å². The number of nitrogens with one attached hydrogen (secondary N) is 1. The van der Waals surface area contributed by atoms with E-state index in [2.05, 4.69) is 15.1 Å². The van der Waals surface area contributed by atoms with Crippen molar-refractivity contribution in [3.63, 3.8) is 0 Å². The molecule has 0 aliphatic carbocycles. The molecule has 0 atom stereocenters. The molecule has 1 fully saturated rings. The van der Waals surface area contributed by atoms with Crippen LogP contribution in [0.4, 0.5) is 20.2 Å². The van der Waals surface area contributed by atoms with Gasteiger partial charge in [-0.3, -0.25) is 0 Å². The lowest BCUT2D eigenvalue weighted by Crippen LogP contribution is -2.50. The largest absolute Gasteiger partial charge is 0.368 e. The van der Waals surface area contributed by atoms with Crippen LogP contribution >= 0.6 is 12.2 Å². The maximum Gasteiger partial charge on any atom is 0.173 e. The molecule has 1 N–H and O–H groups in total. The summed E-state index contributed by atoms with van der Waals surface area (Å²) in [6.07, 6.45) is 0. The second-order valence-electron chi connectivity index (χ2n) is 5.39. The van der Waals surface area contributed by atoms with Gasteiger partial charge < -0.3 is 15.1 Å². The van der Waals surface area contributed by atoms with Gasteiger partial charge in [-0.05, 0) is 60.7 Å². The van der Waals surface area contributed by atoms with Crippen LogP contribution in [0.1, 0.15) is 0 Å². The van der Waals surface area contributed by atoms with Gasteiger partial charge >= 0.3 is 0 Å². The van der Waals surface area contributed by atoms with Crippen LogP contribution < -0.4 is 10.2 Å². The highest BCUT2D eigenvalue weighted by Gasteiger charge is 2.19. The molecule has 120 valence electrons. The first-order valence-electron chi connectivity index (χ1n) is 7.44. The van der Waals surface area contributed by atoms with Gasteiger partial charge in [-0.2, -0.15) is 0 Å². The Hall–Kier alpha value is -2.21. The topological polar surface area (TPSA) is 18.5 Å². The molecule has 0 saturated carbocycles. The van der Waals surface area contributed by atoms with Crippen molar-refractivity contribution in [3.05, 3.63) is 60.2 Å². The Morgan fingerprint density at radius 3 is 1.91 bits per heavy atom. The van der Waals surface area contributed by atoms with Gasteiger partial charge in [-0.1, -0.05) is 0 Å². The predicted molar refractivity (Wildman–Crippen MR) is 92.8 cm³/mol. The minimum Gasteiger partial charge on any atom is -0.368 e.